The second-order valence-corrected chi connectivity index (χ2v) is 10.0. The Morgan fingerprint density at radius 3 is 2.54 bits per heavy atom. The predicted molar refractivity (Wildman–Crippen MR) is 137 cm³/mol. The fourth-order valence-electron chi connectivity index (χ4n) is 5.56. The number of carbonyl (C=O) groups excluding carboxylic acids is 1. The van der Waals surface area contributed by atoms with Crippen LogP contribution < -0.4 is 5.32 Å². The van der Waals surface area contributed by atoms with E-state index in [0.29, 0.717) is 24.2 Å². The first-order chi connectivity index (χ1) is 17.1. The van der Waals surface area contributed by atoms with E-state index in [-0.39, 0.29) is 17.9 Å². The van der Waals surface area contributed by atoms with Gasteiger partial charge in [-0.2, -0.15) is 4.98 Å². The van der Waals surface area contributed by atoms with E-state index in [1.807, 2.05) is 13.0 Å². The summed E-state index contributed by atoms with van der Waals surface area (Å²) in [5, 5.41) is 7.84. The van der Waals surface area contributed by atoms with Crippen molar-refractivity contribution in [2.75, 3.05) is 11.9 Å². The van der Waals surface area contributed by atoms with Crippen molar-refractivity contribution in [3.63, 3.8) is 0 Å². The van der Waals surface area contributed by atoms with Crippen molar-refractivity contribution >= 4 is 11.7 Å². The molecule has 184 valence electrons. The molecule has 35 heavy (non-hydrogen) atoms. The zero-order valence-electron chi connectivity index (χ0n) is 20.8. The summed E-state index contributed by atoms with van der Waals surface area (Å²) in [6, 6.07) is 15.1. The molecule has 2 fully saturated rings. The molecule has 5 rings (SSSR count). The lowest BCUT2D eigenvalue weighted by atomic mass is 9.84. The molecule has 1 N–H and O–H groups in total. The van der Waals surface area contributed by atoms with E-state index in [0.717, 1.165) is 41.6 Å². The molecule has 0 aliphatic heterocycles. The Hall–Kier alpha value is -3.15. The van der Waals surface area contributed by atoms with Gasteiger partial charge < -0.3 is 14.6 Å². The predicted octanol–water partition coefficient (Wildman–Crippen LogP) is 6.90. The minimum Gasteiger partial charge on any atom is -0.466 e. The van der Waals surface area contributed by atoms with Gasteiger partial charge in [0.1, 0.15) is 0 Å². The summed E-state index contributed by atoms with van der Waals surface area (Å²) in [5.74, 6) is 1.76. The smallest absolute Gasteiger partial charge is 0.308 e. The molecule has 0 saturated heterocycles. The molecule has 6 nitrogen and oxygen atoms in total. The number of hydrogen-bond donors (Lipinski definition) is 1. The lowest BCUT2D eigenvalue weighted by molar-refractivity contribution is -0.147. The van der Waals surface area contributed by atoms with Crippen molar-refractivity contribution in [3.05, 3.63) is 53.6 Å². The highest BCUT2D eigenvalue weighted by atomic mass is 16.5. The third kappa shape index (κ3) is 5.42. The highest BCUT2D eigenvalue weighted by molar-refractivity contribution is 5.73. The number of benzene rings is 2. The van der Waals surface area contributed by atoms with Gasteiger partial charge in [-0.05, 0) is 93.3 Å². The highest BCUT2D eigenvalue weighted by Gasteiger charge is 2.31. The summed E-state index contributed by atoms with van der Waals surface area (Å²) in [6.07, 6.45) is 9.28. The highest BCUT2D eigenvalue weighted by Crippen LogP contribution is 2.34. The molecule has 0 radical (unpaired) electrons. The molecular formula is C29H35N3O3. The van der Waals surface area contributed by atoms with E-state index < -0.39 is 0 Å². The van der Waals surface area contributed by atoms with Crippen molar-refractivity contribution in [1.29, 1.82) is 0 Å². The van der Waals surface area contributed by atoms with Crippen molar-refractivity contribution in [3.8, 4) is 22.8 Å². The fourth-order valence-corrected chi connectivity index (χ4v) is 5.56. The van der Waals surface area contributed by atoms with Crippen LogP contribution in [0.2, 0.25) is 0 Å². The van der Waals surface area contributed by atoms with Crippen LogP contribution in [0.25, 0.3) is 22.8 Å². The second-order valence-electron chi connectivity index (χ2n) is 10.0. The van der Waals surface area contributed by atoms with Gasteiger partial charge in [-0.3, -0.25) is 4.79 Å². The number of anilines is 1. The van der Waals surface area contributed by atoms with Crippen LogP contribution in [0.15, 0.2) is 47.0 Å². The van der Waals surface area contributed by atoms with Crippen LogP contribution in [-0.4, -0.2) is 28.8 Å². The van der Waals surface area contributed by atoms with E-state index in [9.17, 15) is 4.79 Å². The number of hydrogen-bond acceptors (Lipinski definition) is 6. The lowest BCUT2D eigenvalue weighted by Crippen LogP contribution is -2.20. The van der Waals surface area contributed by atoms with Gasteiger partial charge in [0, 0.05) is 22.9 Å². The van der Waals surface area contributed by atoms with E-state index in [1.165, 1.54) is 37.7 Å². The van der Waals surface area contributed by atoms with E-state index >= 15 is 0 Å². The van der Waals surface area contributed by atoms with Crippen molar-refractivity contribution in [2.45, 2.75) is 77.2 Å². The standard InChI is InChI=1S/C29H35N3O3/c1-3-34-29(33)24-13-15-25(18-24)30-26-16-14-23(17-19(26)2)27-31-28(35-32-27)22-11-9-21(10-12-22)20-7-5-4-6-8-20/h9-12,14,16-17,20,24-25,30H,3-8,13,15,18H2,1-2H3/t24-,25+/m1/s1. The van der Waals surface area contributed by atoms with Crippen LogP contribution in [0.5, 0.6) is 0 Å². The Bertz CT molecular complexity index is 1150. The largest absolute Gasteiger partial charge is 0.466 e. The first-order valence-corrected chi connectivity index (χ1v) is 13.1. The van der Waals surface area contributed by atoms with E-state index in [2.05, 4.69) is 58.8 Å². The Morgan fingerprint density at radius 1 is 1.03 bits per heavy atom. The SMILES string of the molecule is CCOC(=O)[C@@H]1CC[C@H](Nc2ccc(-c3noc(-c4ccc(C5CCCCC5)cc4)n3)cc2C)C1. The number of nitrogens with one attached hydrogen (secondary N) is 1. The minimum absolute atomic E-state index is 0.00140. The first-order valence-electron chi connectivity index (χ1n) is 13.1. The summed E-state index contributed by atoms with van der Waals surface area (Å²) in [4.78, 5) is 16.7. The molecule has 2 aromatic carbocycles. The minimum atomic E-state index is -0.0691. The van der Waals surface area contributed by atoms with E-state index in [1.54, 1.807) is 0 Å². The normalized spacial score (nSPS) is 20.6. The molecule has 2 saturated carbocycles. The maximum atomic E-state index is 12.0. The van der Waals surface area contributed by atoms with Gasteiger partial charge in [0.05, 0.1) is 12.5 Å². The lowest BCUT2D eigenvalue weighted by Gasteiger charge is -2.21. The third-order valence-electron chi connectivity index (χ3n) is 7.56. The zero-order valence-corrected chi connectivity index (χ0v) is 20.8. The molecule has 2 aliphatic carbocycles. The molecule has 2 atom stereocenters. The fraction of sp³-hybridized carbons (Fsp3) is 0.483. The maximum Gasteiger partial charge on any atom is 0.308 e. The quantitative estimate of drug-likeness (QED) is 0.376. The van der Waals surface area contributed by atoms with Gasteiger partial charge in [0.2, 0.25) is 5.82 Å². The number of aryl methyl sites for hydroxylation is 1. The second kappa shape index (κ2) is 10.6. The van der Waals surface area contributed by atoms with Gasteiger partial charge in [-0.15, -0.1) is 0 Å². The summed E-state index contributed by atoms with van der Waals surface area (Å²) in [6.45, 7) is 4.38. The van der Waals surface area contributed by atoms with Crippen LogP contribution >= 0.6 is 0 Å². The number of carbonyl (C=O) groups is 1. The van der Waals surface area contributed by atoms with Crippen LogP contribution in [0.4, 0.5) is 5.69 Å². The van der Waals surface area contributed by atoms with Gasteiger partial charge in [0.25, 0.3) is 5.89 Å². The molecule has 1 heterocycles. The number of ether oxygens (including phenoxy) is 1. The average molecular weight is 474 g/mol. The summed E-state index contributed by atoms with van der Waals surface area (Å²) in [5.41, 5.74) is 5.49. The molecule has 0 unspecified atom stereocenters. The van der Waals surface area contributed by atoms with Crippen LogP contribution in [0.3, 0.4) is 0 Å². The number of rotatable bonds is 7. The Morgan fingerprint density at radius 2 is 1.80 bits per heavy atom. The Balaban J connectivity index is 1.23. The van der Waals surface area contributed by atoms with Crippen LogP contribution in [-0.2, 0) is 9.53 Å². The number of esters is 1. The summed E-state index contributed by atoms with van der Waals surface area (Å²) < 4.78 is 10.8. The van der Waals surface area contributed by atoms with E-state index in [4.69, 9.17) is 9.26 Å². The molecule has 3 aromatic rings. The molecule has 0 spiro atoms. The summed E-state index contributed by atoms with van der Waals surface area (Å²) >= 11 is 0. The number of nitrogens with zero attached hydrogens (tertiary/aromatic N) is 2. The molecule has 2 aliphatic rings. The molecule has 1 aromatic heterocycles. The van der Waals surface area contributed by atoms with Crippen molar-refractivity contribution in [1.82, 2.24) is 10.1 Å². The zero-order chi connectivity index (χ0) is 24.2. The molecular weight excluding hydrogens is 438 g/mol. The Kier molecular flexibility index (Phi) is 7.16. The number of aromatic nitrogens is 2. The topological polar surface area (TPSA) is 77.2 Å². The van der Waals surface area contributed by atoms with Crippen molar-refractivity contribution < 1.29 is 14.1 Å². The monoisotopic (exact) mass is 473 g/mol. The van der Waals surface area contributed by atoms with Gasteiger partial charge in [0.15, 0.2) is 0 Å². The Labute approximate surface area is 207 Å². The van der Waals surface area contributed by atoms with Crippen LogP contribution in [0, 0.1) is 12.8 Å². The molecule has 0 amide bonds. The maximum absolute atomic E-state index is 12.0. The van der Waals surface area contributed by atoms with Gasteiger partial charge in [-0.1, -0.05) is 36.6 Å². The molecule has 6 heteroatoms. The van der Waals surface area contributed by atoms with Crippen LogP contribution in [0.1, 0.15) is 75.3 Å². The average Bonchev–Trinajstić information content (AvgIpc) is 3.57. The van der Waals surface area contributed by atoms with Gasteiger partial charge >= 0.3 is 5.97 Å². The first kappa shape index (κ1) is 23.6. The third-order valence-corrected chi connectivity index (χ3v) is 7.56. The van der Waals surface area contributed by atoms with Crippen molar-refractivity contribution in [2.24, 2.45) is 5.92 Å². The molecule has 0 bridgehead atoms. The summed E-state index contributed by atoms with van der Waals surface area (Å²) in [7, 11) is 0. The van der Waals surface area contributed by atoms with Gasteiger partial charge in [-0.25, -0.2) is 0 Å².